The minimum Gasteiger partial charge on any atom is -0.491 e. The van der Waals surface area contributed by atoms with E-state index in [4.69, 9.17) is 75.3 Å². The highest BCUT2D eigenvalue weighted by molar-refractivity contribution is 6.30. The molecular formula is C93H104Cl2FN23O19. The maximum absolute atomic E-state index is 14.0. The Morgan fingerprint density at radius 2 is 0.870 bits per heavy atom. The van der Waals surface area contributed by atoms with Gasteiger partial charge < -0.3 is 99.5 Å². The van der Waals surface area contributed by atoms with Crippen LogP contribution in [0.4, 0.5) is 70.1 Å². The molecule has 8 aromatic rings. The van der Waals surface area contributed by atoms with Crippen LogP contribution in [-0.4, -0.2) is 268 Å². The van der Waals surface area contributed by atoms with Gasteiger partial charge in [-0.3, -0.25) is 43.8 Å². The third-order valence-electron chi connectivity index (χ3n) is 26.2. The molecule has 0 radical (unpaired) electrons. The van der Waals surface area contributed by atoms with Gasteiger partial charge in [-0.15, -0.1) is 0 Å². The average Bonchev–Trinajstić information content (AvgIpc) is 1.66. The number of aryl methyl sites for hydroxylation is 1. The molecule has 0 saturated carbocycles. The molecule has 726 valence electrons. The van der Waals surface area contributed by atoms with Crippen molar-refractivity contribution in [1.82, 2.24) is 71.0 Å². The van der Waals surface area contributed by atoms with E-state index in [0.29, 0.717) is 194 Å². The van der Waals surface area contributed by atoms with Gasteiger partial charge in [0.05, 0.1) is 64.6 Å². The molecule has 13 aliphatic rings. The van der Waals surface area contributed by atoms with Crippen molar-refractivity contribution in [3.63, 3.8) is 0 Å². The third-order valence-corrected chi connectivity index (χ3v) is 26.8. The molecule has 9 unspecified atom stereocenters. The van der Waals surface area contributed by atoms with Crippen LogP contribution < -0.4 is 95.3 Å². The molecule has 16 heterocycles. The molecule has 42 nitrogen and oxygen atoms in total. The molecule has 0 spiro atoms. The van der Waals surface area contributed by atoms with E-state index in [1.54, 1.807) is 38.5 Å². The number of nitriles is 1. The second-order valence-electron chi connectivity index (χ2n) is 35.8. The number of fused-ring (bicyclic) bond motifs is 8. The van der Waals surface area contributed by atoms with Gasteiger partial charge in [0.1, 0.15) is 70.6 Å². The number of pyridine rings is 5. The third kappa shape index (κ3) is 22.2. The van der Waals surface area contributed by atoms with Crippen LogP contribution in [0.1, 0.15) is 94.3 Å². The predicted molar refractivity (Wildman–Crippen MR) is 496 cm³/mol. The first kappa shape index (κ1) is 94.8. The molecule has 5 fully saturated rings. The number of likely N-dealkylation sites (N-methyl/N-ethyl adjacent to an activating group) is 1. The SMILES string of the molecule is CN1CCCC1COc1ccc2c(c1C#N)CC(CNCCC1CN(c3ccc4c(n3)NC(=O)CO4)C(=O)O1)C2.COc1cc2c(c(Cl)n1)CC(CNCCC1CN(c3ccc4c(n3)NC(=O)CO4)C(=O)O1)C2.COc1cc2c(c(Cl)n1)CC(CNCCC1CN(c3cnc4c(n3)NC(=O)CO4)C(=O)O1)C2.Cc1ncc(F)c2c1CC(CNCCC1CN(c3cnc4c(n3)NC(=O)CO4)C(=O)O1)C2. The highest BCUT2D eigenvalue weighted by atomic mass is 35.5. The number of methoxy groups -OCH3 is 2. The van der Waals surface area contributed by atoms with Crippen molar-refractivity contribution in [3.05, 3.63) is 139 Å². The van der Waals surface area contributed by atoms with E-state index in [2.05, 4.69) is 111 Å². The largest absolute Gasteiger partial charge is 0.491 e. The first-order chi connectivity index (χ1) is 66.9. The Balaban J connectivity index is 0.000000123. The van der Waals surface area contributed by atoms with E-state index < -0.39 is 24.4 Å². The van der Waals surface area contributed by atoms with Crippen molar-refractivity contribution in [3.8, 4) is 46.8 Å². The number of aromatic nitrogens is 9. The standard InChI is InChI=1S/C29H34N6O5.C22H24ClN5O5.C21H23ClN6O5.C21H23FN6O4/c1-34-10-2-3-20(34)16-38-24-5-4-19-11-18(12-22(19)23(24)13-30)14-31-9-8-21-15-35(29(37)40-21)26-7-6-25-28(32-26)33-27(36)17-39-25;1-31-19-8-13-6-12(7-15(13)20(23)27-19)9-24-5-4-14-10-28(22(30)33-14)17-3-2-16-21(25-17)26-18(29)11-32-16;1-31-17-6-12-4-11(5-14(12)18(22)27-17)7-23-3-2-13-9-28(21(30)33-13)15-8-24-20-19(25-15)26-16(29)10-32-20;1-11-14-4-12(5-15(14)16(22)7-24-11)6-23-3-2-13-9-28(21(30)32-13)17-8-25-20-19(26-17)27-18(29)10-31-20/h4-7,18,20-21,31H,2-3,8-12,14-17H2,1H3,(H,32,33,36);2-3,8,12,14,24H,4-7,9-11H2,1H3,(H,25,26,29);6,8,11,13,23H,2-5,7,9-10H2,1H3,(H,25,26,29);7-8,12-13,23H,2-6,9-10H2,1H3,(H,26,27,29). The Morgan fingerprint density at radius 1 is 0.471 bits per heavy atom. The minimum absolute atomic E-state index is 0.0417. The number of cyclic esters (lactones) is 4. The predicted octanol–water partition coefficient (Wildman–Crippen LogP) is 7.62. The molecule has 45 heteroatoms. The van der Waals surface area contributed by atoms with Crippen LogP contribution in [0.3, 0.4) is 0 Å². The number of carbonyl (C=O) groups excluding carboxylic acids is 8. The Kier molecular flexibility index (Phi) is 29.3. The van der Waals surface area contributed by atoms with Crippen molar-refractivity contribution in [2.45, 2.75) is 127 Å². The zero-order chi connectivity index (χ0) is 95.8. The summed E-state index contributed by atoms with van der Waals surface area (Å²) in [4.78, 5) is 142. The second kappa shape index (κ2) is 42.6. The van der Waals surface area contributed by atoms with Crippen LogP contribution >= 0.6 is 23.2 Å². The molecule has 9 atom stereocenters. The summed E-state index contributed by atoms with van der Waals surface area (Å²) < 4.78 is 73.6. The molecule has 0 bridgehead atoms. The van der Waals surface area contributed by atoms with Gasteiger partial charge >= 0.3 is 24.4 Å². The number of amides is 8. The van der Waals surface area contributed by atoms with Crippen molar-refractivity contribution in [1.29, 1.82) is 5.26 Å². The van der Waals surface area contributed by atoms with Gasteiger partial charge in [0.15, 0.2) is 72.8 Å². The number of anilines is 8. The molecular weight excluding hydrogens is 1830 g/mol. The number of benzene rings is 1. The lowest BCUT2D eigenvalue weighted by atomic mass is 10.0. The van der Waals surface area contributed by atoms with Gasteiger partial charge in [0.2, 0.25) is 11.8 Å². The van der Waals surface area contributed by atoms with Crippen LogP contribution in [-0.2, 0) is 89.5 Å². The maximum atomic E-state index is 14.0. The second-order valence-corrected chi connectivity index (χ2v) is 36.5. The van der Waals surface area contributed by atoms with Crippen LogP contribution in [0.25, 0.3) is 0 Å². The number of ether oxygens (including phenoxy) is 11. The zero-order valence-corrected chi connectivity index (χ0v) is 77.8. The van der Waals surface area contributed by atoms with E-state index in [-0.39, 0.29) is 104 Å². The van der Waals surface area contributed by atoms with E-state index in [9.17, 15) is 48.0 Å². The van der Waals surface area contributed by atoms with E-state index in [1.807, 2.05) is 25.1 Å². The maximum Gasteiger partial charge on any atom is 0.415 e. The number of hydrogen-bond acceptors (Lipinski definition) is 34. The van der Waals surface area contributed by atoms with Gasteiger partial charge in [0, 0.05) is 23.9 Å². The normalized spacial score (nSPS) is 22.0. The lowest BCUT2D eigenvalue weighted by Gasteiger charge is -2.20. The summed E-state index contributed by atoms with van der Waals surface area (Å²) in [6, 6.07) is 17.6. The molecule has 9 aliphatic heterocycles. The van der Waals surface area contributed by atoms with Gasteiger partial charge in [-0.2, -0.15) is 5.26 Å². The number of likely N-dealkylation sites (tertiary alicyclic amines) is 1. The first-order valence-electron chi connectivity index (χ1n) is 46.1. The van der Waals surface area contributed by atoms with E-state index >= 15 is 0 Å². The number of carbonyl (C=O) groups is 8. The fraction of sp³-hybridized carbons (Fsp3) is 0.484. The smallest absolute Gasteiger partial charge is 0.415 e. The number of halogens is 3. The van der Waals surface area contributed by atoms with Gasteiger partial charge in [-0.1, -0.05) is 29.3 Å². The Bertz CT molecular complexity index is 5850. The molecule has 8 N–H and O–H groups in total. The first-order valence-corrected chi connectivity index (χ1v) is 46.9. The number of hydrogen-bond donors (Lipinski definition) is 8. The number of nitrogens with one attached hydrogen (secondary N) is 8. The summed E-state index contributed by atoms with van der Waals surface area (Å²) in [5.74, 6) is 5.84. The average molecular weight is 1940 g/mol. The van der Waals surface area contributed by atoms with Crippen LogP contribution in [0.5, 0.6) is 40.8 Å². The highest BCUT2D eigenvalue weighted by Gasteiger charge is 2.41. The molecule has 1 aromatic carbocycles. The van der Waals surface area contributed by atoms with Gasteiger partial charge in [0.25, 0.3) is 35.4 Å². The van der Waals surface area contributed by atoms with E-state index in [1.165, 1.54) is 61.3 Å². The van der Waals surface area contributed by atoms with Crippen molar-refractivity contribution < 1.29 is 94.9 Å². The van der Waals surface area contributed by atoms with E-state index in [0.717, 1.165) is 124 Å². The lowest BCUT2D eigenvalue weighted by Crippen LogP contribution is -2.30. The minimum atomic E-state index is -0.503. The fourth-order valence-electron chi connectivity index (χ4n) is 19.1. The monoisotopic (exact) mass is 1940 g/mol. The van der Waals surface area contributed by atoms with Crippen molar-refractivity contribution in [2.24, 2.45) is 23.7 Å². The summed E-state index contributed by atoms with van der Waals surface area (Å²) >= 11 is 12.6. The topological polar surface area (TPSA) is 490 Å². The quantitative estimate of drug-likeness (QED) is 0.0127. The van der Waals surface area contributed by atoms with Crippen LogP contribution in [0.2, 0.25) is 10.3 Å². The summed E-state index contributed by atoms with van der Waals surface area (Å²) in [6.45, 7) is 10.8. The summed E-state index contributed by atoms with van der Waals surface area (Å²) in [5, 5.41) is 35.3. The van der Waals surface area contributed by atoms with Crippen molar-refractivity contribution >= 4 is 118 Å². The summed E-state index contributed by atoms with van der Waals surface area (Å²) in [6.07, 6.45) is 13.1. The summed E-state index contributed by atoms with van der Waals surface area (Å²) in [5.41, 5.74) is 10.3. The highest BCUT2D eigenvalue weighted by Crippen LogP contribution is 2.41. The molecule has 8 amide bonds. The molecule has 21 rings (SSSR count). The van der Waals surface area contributed by atoms with Crippen molar-refractivity contribution in [2.75, 3.05) is 180 Å². The lowest BCUT2D eigenvalue weighted by molar-refractivity contribution is -0.119. The molecule has 5 saturated heterocycles. The molecule has 138 heavy (non-hydrogen) atoms. The Labute approximate surface area is 801 Å². The molecule has 7 aromatic heterocycles. The molecule has 4 aliphatic carbocycles. The number of nitrogens with zero attached hydrogens (tertiary/aromatic N) is 15. The Morgan fingerprint density at radius 3 is 1.30 bits per heavy atom. The van der Waals surface area contributed by atoms with Gasteiger partial charge in [-0.05, 0) is 261 Å². The summed E-state index contributed by atoms with van der Waals surface area (Å²) in [7, 11) is 5.30. The Hall–Kier alpha value is -13.5. The number of rotatable bonds is 29. The zero-order valence-electron chi connectivity index (χ0n) is 76.3. The van der Waals surface area contributed by atoms with Gasteiger partial charge in [-0.25, -0.2) is 63.4 Å². The van der Waals surface area contributed by atoms with Crippen LogP contribution in [0.15, 0.2) is 67.1 Å². The fourth-order valence-corrected chi connectivity index (χ4v) is 19.7. The van der Waals surface area contributed by atoms with Crippen LogP contribution in [0, 0.1) is 47.7 Å².